The monoisotopic (exact) mass is 324 g/mol. The molecule has 8 nitrogen and oxygen atoms in total. The number of carbonyl (C=O) groups excluding carboxylic acids is 2. The quantitative estimate of drug-likeness (QED) is 0.661. The zero-order chi connectivity index (χ0) is 16.7. The minimum Gasteiger partial charge on any atom is -0.465 e. The molecule has 3 amide bonds. The van der Waals surface area contributed by atoms with Gasteiger partial charge in [-0.3, -0.25) is 9.69 Å². The standard InChI is InChI=1S/C15H24N4O4/c1-11-2-3-13(23-11)12(19-6-8-22-9-7-19)10-18-14(20)4-5-17-15(16)21/h2-3,12H,4-10H2,1H3,(H,18,20)(H3,16,17,21)/t12-/m1/s1. The van der Waals surface area contributed by atoms with Gasteiger partial charge in [0.15, 0.2) is 0 Å². The lowest BCUT2D eigenvalue weighted by atomic mass is 10.1. The van der Waals surface area contributed by atoms with Crippen LogP contribution in [-0.2, 0) is 9.53 Å². The number of nitrogens with one attached hydrogen (secondary N) is 2. The van der Waals surface area contributed by atoms with E-state index < -0.39 is 6.03 Å². The van der Waals surface area contributed by atoms with Gasteiger partial charge in [0.1, 0.15) is 11.5 Å². The summed E-state index contributed by atoms with van der Waals surface area (Å²) in [6.07, 6.45) is 0.190. The first-order chi connectivity index (χ1) is 11.1. The molecule has 1 saturated heterocycles. The van der Waals surface area contributed by atoms with Crippen LogP contribution in [0.15, 0.2) is 16.5 Å². The van der Waals surface area contributed by atoms with Gasteiger partial charge in [-0.15, -0.1) is 0 Å². The van der Waals surface area contributed by atoms with Crippen LogP contribution in [0.4, 0.5) is 4.79 Å². The van der Waals surface area contributed by atoms with Gasteiger partial charge >= 0.3 is 6.03 Å². The van der Waals surface area contributed by atoms with Gasteiger partial charge in [0.05, 0.1) is 19.3 Å². The fraction of sp³-hybridized carbons (Fsp3) is 0.600. The van der Waals surface area contributed by atoms with Crippen LogP contribution in [0.25, 0.3) is 0 Å². The third-order valence-corrected chi connectivity index (χ3v) is 3.72. The lowest BCUT2D eigenvalue weighted by molar-refractivity contribution is -0.121. The van der Waals surface area contributed by atoms with E-state index in [1.807, 2.05) is 19.1 Å². The van der Waals surface area contributed by atoms with Crippen molar-refractivity contribution in [1.82, 2.24) is 15.5 Å². The van der Waals surface area contributed by atoms with E-state index in [1.165, 1.54) is 0 Å². The Morgan fingerprint density at radius 1 is 1.30 bits per heavy atom. The average molecular weight is 324 g/mol. The van der Waals surface area contributed by atoms with Crippen molar-refractivity contribution in [1.29, 1.82) is 0 Å². The van der Waals surface area contributed by atoms with Gasteiger partial charge in [-0.25, -0.2) is 4.79 Å². The molecular formula is C15H24N4O4. The Balaban J connectivity index is 1.89. The topological polar surface area (TPSA) is 110 Å². The molecular weight excluding hydrogens is 300 g/mol. The summed E-state index contributed by atoms with van der Waals surface area (Å²) in [4.78, 5) is 24.7. The SMILES string of the molecule is Cc1ccc([C@@H](CNC(=O)CCNC(N)=O)N2CCOCC2)o1. The summed E-state index contributed by atoms with van der Waals surface area (Å²) >= 11 is 0. The smallest absolute Gasteiger partial charge is 0.312 e. The first-order valence-corrected chi connectivity index (χ1v) is 7.74. The number of nitrogens with two attached hydrogens (primary N) is 1. The number of hydrogen-bond acceptors (Lipinski definition) is 5. The summed E-state index contributed by atoms with van der Waals surface area (Å²) in [5.41, 5.74) is 4.96. The summed E-state index contributed by atoms with van der Waals surface area (Å²) in [6.45, 7) is 5.51. The maximum Gasteiger partial charge on any atom is 0.312 e. The number of ether oxygens (including phenoxy) is 1. The van der Waals surface area contributed by atoms with Gasteiger partial charge in [0, 0.05) is 32.6 Å². The van der Waals surface area contributed by atoms with E-state index in [2.05, 4.69) is 15.5 Å². The largest absolute Gasteiger partial charge is 0.465 e. The molecule has 0 spiro atoms. The van der Waals surface area contributed by atoms with Gasteiger partial charge in [-0.1, -0.05) is 0 Å². The summed E-state index contributed by atoms with van der Waals surface area (Å²) in [6, 6.07) is 3.20. The third-order valence-electron chi connectivity index (χ3n) is 3.72. The molecule has 4 N–H and O–H groups in total. The molecule has 1 aliphatic rings. The molecule has 128 valence electrons. The van der Waals surface area contributed by atoms with Crippen LogP contribution in [0.3, 0.4) is 0 Å². The summed E-state index contributed by atoms with van der Waals surface area (Å²) in [7, 11) is 0. The molecule has 2 heterocycles. The number of morpholine rings is 1. The Hall–Kier alpha value is -2.06. The van der Waals surface area contributed by atoms with E-state index in [9.17, 15) is 9.59 Å². The van der Waals surface area contributed by atoms with Crippen LogP contribution in [0, 0.1) is 6.92 Å². The predicted molar refractivity (Wildman–Crippen MR) is 83.8 cm³/mol. The molecule has 0 saturated carbocycles. The predicted octanol–water partition coefficient (Wildman–Crippen LogP) is 0.136. The normalized spacial score (nSPS) is 16.7. The highest BCUT2D eigenvalue weighted by Gasteiger charge is 2.25. The second-order valence-electron chi connectivity index (χ2n) is 5.46. The van der Waals surface area contributed by atoms with Gasteiger partial charge in [-0.05, 0) is 19.1 Å². The number of amides is 3. The number of furan rings is 1. The van der Waals surface area contributed by atoms with Crippen molar-refractivity contribution in [3.63, 3.8) is 0 Å². The number of rotatable bonds is 7. The highest BCUT2D eigenvalue weighted by molar-refractivity contribution is 5.77. The molecule has 2 rings (SSSR count). The number of aryl methyl sites for hydroxylation is 1. The maximum absolute atomic E-state index is 11.9. The van der Waals surface area contributed by atoms with Crippen molar-refractivity contribution in [2.24, 2.45) is 5.73 Å². The minimum absolute atomic E-state index is 0.0272. The molecule has 23 heavy (non-hydrogen) atoms. The summed E-state index contributed by atoms with van der Waals surface area (Å²) in [5, 5.41) is 5.28. The fourth-order valence-electron chi connectivity index (χ4n) is 2.53. The molecule has 1 aromatic heterocycles. The molecule has 0 bridgehead atoms. The molecule has 1 atom stereocenters. The Bertz CT molecular complexity index is 525. The van der Waals surface area contributed by atoms with Crippen LogP contribution in [-0.4, -0.2) is 56.2 Å². The Labute approximate surface area is 135 Å². The van der Waals surface area contributed by atoms with Gasteiger partial charge in [-0.2, -0.15) is 0 Å². The Morgan fingerprint density at radius 3 is 2.65 bits per heavy atom. The zero-order valence-corrected chi connectivity index (χ0v) is 13.3. The molecule has 8 heteroatoms. The van der Waals surface area contributed by atoms with Gasteiger partial charge < -0.3 is 25.5 Å². The molecule has 0 aromatic carbocycles. The lowest BCUT2D eigenvalue weighted by Crippen LogP contribution is -2.44. The van der Waals surface area contributed by atoms with Crippen molar-refractivity contribution >= 4 is 11.9 Å². The fourth-order valence-corrected chi connectivity index (χ4v) is 2.53. The van der Waals surface area contributed by atoms with Gasteiger partial charge in [0.25, 0.3) is 0 Å². The molecule has 1 aromatic rings. The summed E-state index contributed by atoms with van der Waals surface area (Å²) in [5.74, 6) is 1.54. The third kappa shape index (κ3) is 5.57. The molecule has 0 aliphatic carbocycles. The lowest BCUT2D eigenvalue weighted by Gasteiger charge is -2.33. The molecule has 0 unspecified atom stereocenters. The number of urea groups is 1. The van der Waals surface area contributed by atoms with Crippen LogP contribution < -0.4 is 16.4 Å². The molecule has 1 fully saturated rings. The van der Waals surface area contributed by atoms with Crippen molar-refractivity contribution in [3.8, 4) is 0 Å². The van der Waals surface area contributed by atoms with Crippen molar-refractivity contribution in [2.45, 2.75) is 19.4 Å². The number of primary amides is 1. The van der Waals surface area contributed by atoms with E-state index in [0.717, 1.165) is 24.6 Å². The van der Waals surface area contributed by atoms with Crippen LogP contribution in [0.5, 0.6) is 0 Å². The number of carbonyl (C=O) groups is 2. The highest BCUT2D eigenvalue weighted by Crippen LogP contribution is 2.23. The first kappa shape index (κ1) is 17.3. The number of hydrogen-bond donors (Lipinski definition) is 3. The highest BCUT2D eigenvalue weighted by atomic mass is 16.5. The maximum atomic E-state index is 11.9. The first-order valence-electron chi connectivity index (χ1n) is 7.74. The van der Waals surface area contributed by atoms with E-state index in [0.29, 0.717) is 19.8 Å². The van der Waals surface area contributed by atoms with E-state index in [1.54, 1.807) is 0 Å². The summed E-state index contributed by atoms with van der Waals surface area (Å²) < 4.78 is 11.1. The van der Waals surface area contributed by atoms with Crippen LogP contribution in [0.1, 0.15) is 24.0 Å². The van der Waals surface area contributed by atoms with E-state index in [-0.39, 0.29) is 24.9 Å². The second-order valence-corrected chi connectivity index (χ2v) is 5.46. The van der Waals surface area contributed by atoms with E-state index >= 15 is 0 Å². The Morgan fingerprint density at radius 2 is 2.04 bits per heavy atom. The zero-order valence-electron chi connectivity index (χ0n) is 13.3. The average Bonchev–Trinajstić information content (AvgIpc) is 2.94. The molecule has 0 radical (unpaired) electrons. The van der Waals surface area contributed by atoms with Crippen molar-refractivity contribution in [2.75, 3.05) is 39.4 Å². The van der Waals surface area contributed by atoms with E-state index in [4.69, 9.17) is 14.9 Å². The molecule has 1 aliphatic heterocycles. The van der Waals surface area contributed by atoms with Gasteiger partial charge in [0.2, 0.25) is 5.91 Å². The minimum atomic E-state index is -0.630. The second kappa shape index (κ2) is 8.54. The van der Waals surface area contributed by atoms with Crippen molar-refractivity contribution in [3.05, 3.63) is 23.7 Å². The Kier molecular flexibility index (Phi) is 6.42. The van der Waals surface area contributed by atoms with Crippen LogP contribution >= 0.6 is 0 Å². The van der Waals surface area contributed by atoms with Crippen LogP contribution in [0.2, 0.25) is 0 Å². The number of nitrogens with zero attached hydrogens (tertiary/aromatic N) is 1. The van der Waals surface area contributed by atoms with Crippen molar-refractivity contribution < 1.29 is 18.7 Å².